The third-order valence-electron chi connectivity index (χ3n) is 5.88. The van der Waals surface area contributed by atoms with Gasteiger partial charge in [-0.1, -0.05) is 25.4 Å². The van der Waals surface area contributed by atoms with Gasteiger partial charge < -0.3 is 0 Å². The standard InChI is InChI=1S/C18H25ClN2/c1-11(2)3-15-7-16(19)21-17(20-15)18-8-12-4-13(9-18)6-14(5-12)10-18/h7,11-14H,3-6,8-10H2,1-2H3. The number of halogens is 1. The quantitative estimate of drug-likeness (QED) is 0.750. The summed E-state index contributed by atoms with van der Waals surface area (Å²) >= 11 is 6.32. The summed E-state index contributed by atoms with van der Waals surface area (Å²) in [6.45, 7) is 4.47. The van der Waals surface area contributed by atoms with Crippen LogP contribution in [0.15, 0.2) is 6.07 Å². The molecule has 4 aliphatic carbocycles. The van der Waals surface area contributed by atoms with Crippen LogP contribution in [-0.4, -0.2) is 9.97 Å². The van der Waals surface area contributed by atoms with Crippen molar-refractivity contribution in [1.82, 2.24) is 9.97 Å². The molecule has 4 bridgehead atoms. The Kier molecular flexibility index (Phi) is 3.29. The topological polar surface area (TPSA) is 25.8 Å². The zero-order valence-electron chi connectivity index (χ0n) is 13.1. The predicted molar refractivity (Wildman–Crippen MR) is 85.4 cm³/mol. The normalized spacial score (nSPS) is 37.4. The molecule has 114 valence electrons. The maximum Gasteiger partial charge on any atom is 0.136 e. The number of hydrogen-bond acceptors (Lipinski definition) is 2. The van der Waals surface area contributed by atoms with E-state index in [4.69, 9.17) is 16.6 Å². The fourth-order valence-electron chi connectivity index (χ4n) is 5.61. The molecule has 1 aromatic rings. The molecule has 0 aromatic carbocycles. The zero-order chi connectivity index (χ0) is 14.6. The highest BCUT2D eigenvalue weighted by Crippen LogP contribution is 2.60. The van der Waals surface area contributed by atoms with Gasteiger partial charge in [0.05, 0.1) is 0 Å². The lowest BCUT2D eigenvalue weighted by atomic mass is 9.49. The van der Waals surface area contributed by atoms with Crippen LogP contribution < -0.4 is 0 Å². The molecule has 0 saturated heterocycles. The van der Waals surface area contributed by atoms with Crippen LogP contribution >= 0.6 is 11.6 Å². The van der Waals surface area contributed by atoms with Crippen LogP contribution in [0.3, 0.4) is 0 Å². The van der Waals surface area contributed by atoms with E-state index in [2.05, 4.69) is 18.8 Å². The molecule has 0 spiro atoms. The summed E-state index contributed by atoms with van der Waals surface area (Å²) in [4.78, 5) is 9.65. The van der Waals surface area contributed by atoms with E-state index in [1.165, 1.54) is 38.5 Å². The molecule has 1 heterocycles. The molecule has 0 aliphatic heterocycles. The predicted octanol–water partition coefficient (Wildman–Crippen LogP) is 4.80. The fraction of sp³-hybridized carbons (Fsp3) is 0.778. The van der Waals surface area contributed by atoms with Gasteiger partial charge in [-0.15, -0.1) is 0 Å². The minimum atomic E-state index is 0.255. The van der Waals surface area contributed by atoms with Crippen LogP contribution in [0.25, 0.3) is 0 Å². The smallest absolute Gasteiger partial charge is 0.136 e. The molecule has 2 nitrogen and oxygen atoms in total. The summed E-state index contributed by atoms with van der Waals surface area (Å²) in [5.41, 5.74) is 1.39. The lowest BCUT2D eigenvalue weighted by Gasteiger charge is -2.56. The molecule has 3 heteroatoms. The van der Waals surface area contributed by atoms with Crippen molar-refractivity contribution in [3.8, 4) is 0 Å². The Hall–Kier alpha value is -0.630. The van der Waals surface area contributed by atoms with E-state index >= 15 is 0 Å². The largest absolute Gasteiger partial charge is 0.237 e. The van der Waals surface area contributed by atoms with Crippen LogP contribution in [0.5, 0.6) is 0 Å². The molecule has 0 unspecified atom stereocenters. The lowest BCUT2D eigenvalue weighted by Crippen LogP contribution is -2.49. The van der Waals surface area contributed by atoms with E-state index in [0.717, 1.165) is 35.7 Å². The molecule has 1 aromatic heterocycles. The second-order valence-electron chi connectivity index (χ2n) is 8.30. The minimum absolute atomic E-state index is 0.255. The van der Waals surface area contributed by atoms with Gasteiger partial charge in [0, 0.05) is 11.1 Å². The van der Waals surface area contributed by atoms with E-state index in [9.17, 15) is 0 Å². The molecule has 0 N–H and O–H groups in total. The van der Waals surface area contributed by atoms with Crippen molar-refractivity contribution in [2.45, 2.75) is 64.2 Å². The van der Waals surface area contributed by atoms with Gasteiger partial charge >= 0.3 is 0 Å². The highest BCUT2D eigenvalue weighted by Gasteiger charge is 2.53. The SMILES string of the molecule is CC(C)Cc1cc(Cl)nc(C23CC4CC(CC(C4)C2)C3)n1. The van der Waals surface area contributed by atoms with Gasteiger partial charge in [0.1, 0.15) is 11.0 Å². The van der Waals surface area contributed by atoms with Crippen LogP contribution in [0.1, 0.15) is 63.9 Å². The zero-order valence-corrected chi connectivity index (χ0v) is 13.9. The van der Waals surface area contributed by atoms with Gasteiger partial charge in [0.25, 0.3) is 0 Å². The van der Waals surface area contributed by atoms with Crippen molar-refractivity contribution in [3.63, 3.8) is 0 Å². The number of hydrogen-bond donors (Lipinski definition) is 0. The Morgan fingerprint density at radius 3 is 2.19 bits per heavy atom. The number of rotatable bonds is 3. The Morgan fingerprint density at radius 2 is 1.67 bits per heavy atom. The maximum absolute atomic E-state index is 6.32. The summed E-state index contributed by atoms with van der Waals surface area (Å²) in [5, 5.41) is 0.645. The van der Waals surface area contributed by atoms with Gasteiger partial charge in [0.2, 0.25) is 0 Å². The van der Waals surface area contributed by atoms with Gasteiger partial charge in [-0.25, -0.2) is 9.97 Å². The number of nitrogens with zero attached hydrogens (tertiary/aromatic N) is 2. The summed E-state index contributed by atoms with van der Waals surface area (Å²) in [7, 11) is 0. The molecule has 0 atom stereocenters. The van der Waals surface area contributed by atoms with E-state index in [0.29, 0.717) is 11.1 Å². The molecule has 4 saturated carbocycles. The first-order chi connectivity index (χ1) is 10.0. The van der Waals surface area contributed by atoms with E-state index in [1.807, 2.05) is 6.07 Å². The van der Waals surface area contributed by atoms with E-state index in [1.54, 1.807) is 0 Å². The Labute approximate surface area is 132 Å². The van der Waals surface area contributed by atoms with Crippen molar-refractivity contribution < 1.29 is 0 Å². The molecule has 0 amide bonds. The van der Waals surface area contributed by atoms with Crippen molar-refractivity contribution in [3.05, 3.63) is 22.7 Å². The van der Waals surface area contributed by atoms with Crippen LogP contribution in [0, 0.1) is 23.7 Å². The van der Waals surface area contributed by atoms with E-state index in [-0.39, 0.29) is 5.41 Å². The third kappa shape index (κ3) is 2.50. The summed E-state index contributed by atoms with van der Waals surface area (Å²) < 4.78 is 0. The summed E-state index contributed by atoms with van der Waals surface area (Å²) in [6, 6.07) is 1.96. The van der Waals surface area contributed by atoms with Crippen molar-refractivity contribution in [1.29, 1.82) is 0 Å². The van der Waals surface area contributed by atoms with Gasteiger partial charge in [-0.2, -0.15) is 0 Å². The molecular weight excluding hydrogens is 280 g/mol. The first-order valence-electron chi connectivity index (χ1n) is 8.56. The molecule has 21 heavy (non-hydrogen) atoms. The molecule has 5 rings (SSSR count). The van der Waals surface area contributed by atoms with Crippen molar-refractivity contribution in [2.24, 2.45) is 23.7 Å². The first-order valence-corrected chi connectivity index (χ1v) is 8.94. The lowest BCUT2D eigenvalue weighted by molar-refractivity contribution is -0.00950. The summed E-state index contributed by atoms with van der Waals surface area (Å²) in [6.07, 6.45) is 9.29. The fourth-order valence-corrected chi connectivity index (χ4v) is 5.81. The third-order valence-corrected chi connectivity index (χ3v) is 6.07. The highest BCUT2D eigenvalue weighted by molar-refractivity contribution is 6.29. The first kappa shape index (κ1) is 14.0. The summed E-state index contributed by atoms with van der Waals surface area (Å²) in [5.74, 6) is 4.46. The molecule has 4 fully saturated rings. The monoisotopic (exact) mass is 304 g/mol. The Morgan fingerprint density at radius 1 is 1.10 bits per heavy atom. The van der Waals surface area contributed by atoms with Crippen molar-refractivity contribution >= 4 is 11.6 Å². The molecule has 4 aliphatic rings. The van der Waals surface area contributed by atoms with E-state index < -0.39 is 0 Å². The highest BCUT2D eigenvalue weighted by atomic mass is 35.5. The van der Waals surface area contributed by atoms with Gasteiger partial charge in [0.15, 0.2) is 0 Å². The van der Waals surface area contributed by atoms with Crippen LogP contribution in [0.4, 0.5) is 0 Å². The average Bonchev–Trinajstić information content (AvgIpc) is 2.35. The minimum Gasteiger partial charge on any atom is -0.237 e. The second-order valence-corrected chi connectivity index (χ2v) is 8.69. The van der Waals surface area contributed by atoms with Crippen molar-refractivity contribution in [2.75, 3.05) is 0 Å². The van der Waals surface area contributed by atoms with Crippen LogP contribution in [-0.2, 0) is 11.8 Å². The Bertz CT molecular complexity index is 517. The maximum atomic E-state index is 6.32. The molecule has 0 radical (unpaired) electrons. The number of aromatic nitrogens is 2. The van der Waals surface area contributed by atoms with Gasteiger partial charge in [-0.05, 0) is 74.7 Å². The average molecular weight is 305 g/mol. The van der Waals surface area contributed by atoms with Crippen LogP contribution in [0.2, 0.25) is 5.15 Å². The van der Waals surface area contributed by atoms with Gasteiger partial charge in [-0.3, -0.25) is 0 Å². The Balaban J connectivity index is 1.71. The molecular formula is C18H25ClN2. The second kappa shape index (κ2) is 4.94.